The van der Waals surface area contributed by atoms with Crippen LogP contribution in [0.1, 0.15) is 32.1 Å². The minimum Gasteiger partial charge on any atom is -0.171 e. The molecule has 2 rings (SSSR count). The summed E-state index contributed by atoms with van der Waals surface area (Å²) in [6.07, 6.45) is -41.5. The van der Waals surface area contributed by atoms with E-state index >= 15 is 0 Å². The van der Waals surface area contributed by atoms with Gasteiger partial charge in [0, 0.05) is 0 Å². The molecule has 30 heavy (non-hydrogen) atoms. The smallest absolute Gasteiger partial charge is 0.171 e. The van der Waals surface area contributed by atoms with Gasteiger partial charge in [0.05, 0.1) is 5.92 Å². The second-order valence-corrected chi connectivity index (χ2v) is 7.59. The first-order valence-electron chi connectivity index (χ1n) is 8.42. The van der Waals surface area contributed by atoms with Crippen LogP contribution in [0.2, 0.25) is 0 Å². The normalized spacial score (nSPS) is 30.7. The molecule has 0 aromatic rings. The first-order chi connectivity index (χ1) is 13.1. The van der Waals surface area contributed by atoms with E-state index in [1.165, 1.54) is 0 Å². The van der Waals surface area contributed by atoms with Crippen molar-refractivity contribution < 1.29 is 65.9 Å². The third kappa shape index (κ3) is 3.06. The summed E-state index contributed by atoms with van der Waals surface area (Å²) in [5.41, 5.74) is -13.9. The van der Waals surface area contributed by atoms with Crippen LogP contribution in [0.3, 0.4) is 0 Å². The van der Waals surface area contributed by atoms with E-state index in [4.69, 9.17) is 0 Å². The van der Waals surface area contributed by atoms with Crippen molar-refractivity contribution in [3.8, 4) is 0 Å². The van der Waals surface area contributed by atoms with Gasteiger partial charge in [-0.05, 0) is 24.7 Å². The van der Waals surface area contributed by atoms with Crippen LogP contribution in [0.25, 0.3) is 0 Å². The van der Waals surface area contributed by atoms with Crippen LogP contribution in [0.4, 0.5) is 65.9 Å². The van der Waals surface area contributed by atoms with Gasteiger partial charge >= 0.3 is 30.9 Å². The Morgan fingerprint density at radius 2 is 0.867 bits per heavy atom. The Kier molecular flexibility index (Phi) is 5.65. The second kappa shape index (κ2) is 6.72. The lowest BCUT2D eigenvalue weighted by atomic mass is 9.41. The highest BCUT2D eigenvalue weighted by molar-refractivity contribution is 5.22. The molecule has 2 fully saturated rings. The molecule has 2 saturated carbocycles. The first-order valence-corrected chi connectivity index (χ1v) is 8.42. The Morgan fingerprint density at radius 3 is 1.20 bits per heavy atom. The van der Waals surface area contributed by atoms with Gasteiger partial charge in [0.1, 0.15) is 0 Å². The largest absolute Gasteiger partial charge is 0.405 e. The maximum Gasteiger partial charge on any atom is 0.405 e. The minimum absolute atomic E-state index is 0.220. The lowest BCUT2D eigenvalue weighted by molar-refractivity contribution is -0.522. The number of alkyl halides is 15. The van der Waals surface area contributed by atoms with Crippen LogP contribution < -0.4 is 0 Å². The molecular formula is C15H13F15. The Morgan fingerprint density at radius 1 is 0.500 bits per heavy atom. The van der Waals surface area contributed by atoms with E-state index in [1.54, 1.807) is 0 Å². The summed E-state index contributed by atoms with van der Waals surface area (Å²) < 4.78 is 206. The lowest BCUT2D eigenvalue weighted by Crippen LogP contribution is -2.80. The third-order valence-corrected chi connectivity index (χ3v) is 6.33. The van der Waals surface area contributed by atoms with Gasteiger partial charge in [-0.25, -0.2) is 0 Å². The maximum atomic E-state index is 13.9. The molecule has 0 amide bonds. The van der Waals surface area contributed by atoms with Crippen LogP contribution in [0.15, 0.2) is 0 Å². The molecule has 0 aliphatic heterocycles. The summed E-state index contributed by atoms with van der Waals surface area (Å²) in [5, 5.41) is 0. The molecule has 0 saturated heterocycles. The van der Waals surface area contributed by atoms with Crippen molar-refractivity contribution in [2.75, 3.05) is 0 Å². The highest BCUT2D eigenvalue weighted by atomic mass is 19.4. The molecule has 2 aliphatic carbocycles. The van der Waals surface area contributed by atoms with Crippen LogP contribution in [-0.2, 0) is 0 Å². The zero-order valence-corrected chi connectivity index (χ0v) is 14.4. The monoisotopic (exact) mass is 478 g/mol. The van der Waals surface area contributed by atoms with Gasteiger partial charge in [-0.15, -0.1) is 0 Å². The van der Waals surface area contributed by atoms with Crippen molar-refractivity contribution in [1.82, 2.24) is 0 Å². The van der Waals surface area contributed by atoms with Crippen molar-refractivity contribution in [2.24, 2.45) is 28.6 Å². The molecule has 2 aliphatic rings. The quantitative estimate of drug-likeness (QED) is 0.315. The van der Waals surface area contributed by atoms with Crippen molar-refractivity contribution in [2.45, 2.75) is 63.0 Å². The molecule has 0 nitrogen and oxygen atoms in total. The predicted octanol–water partition coefficient (Wildman–Crippen LogP) is 7.60. The summed E-state index contributed by atoms with van der Waals surface area (Å²) in [6, 6.07) is 0. The van der Waals surface area contributed by atoms with E-state index in [1.807, 2.05) is 0 Å². The fourth-order valence-corrected chi connectivity index (χ4v) is 5.52. The standard InChI is InChI=1S/C15H13F15/c16-11(17,18)8-5-6-3-1-2-4-7(6)9(12(19,20)21,13(22,23)24)10(8,14(25,26)27)15(28,29)30/h6-8H,1-5H2. The van der Waals surface area contributed by atoms with Gasteiger partial charge in [-0.1, -0.05) is 19.3 Å². The second-order valence-electron chi connectivity index (χ2n) is 7.59. The Bertz CT molecular complexity index is 601. The Labute approximate surface area is 158 Å². The number of rotatable bonds is 0. The number of fused-ring (bicyclic) bond motifs is 1. The molecule has 0 bridgehead atoms. The average molecular weight is 478 g/mol. The summed E-state index contributed by atoms with van der Waals surface area (Å²) in [7, 11) is 0. The number of hydrogen-bond acceptors (Lipinski definition) is 0. The Hall–Kier alpha value is -1.05. The van der Waals surface area contributed by atoms with Gasteiger partial charge in [-0.3, -0.25) is 0 Å². The van der Waals surface area contributed by atoms with Gasteiger partial charge < -0.3 is 0 Å². The molecule has 178 valence electrons. The molecule has 0 radical (unpaired) electrons. The summed E-state index contributed by atoms with van der Waals surface area (Å²) >= 11 is 0. The van der Waals surface area contributed by atoms with Crippen molar-refractivity contribution in [3.05, 3.63) is 0 Å². The van der Waals surface area contributed by atoms with Gasteiger partial charge in [0.15, 0.2) is 10.8 Å². The van der Waals surface area contributed by atoms with E-state index in [0.29, 0.717) is 0 Å². The highest BCUT2D eigenvalue weighted by Crippen LogP contribution is 2.81. The molecule has 0 spiro atoms. The highest BCUT2D eigenvalue weighted by Gasteiger charge is 2.98. The van der Waals surface area contributed by atoms with Gasteiger partial charge in [0.25, 0.3) is 0 Å². The fraction of sp³-hybridized carbons (Fsp3) is 1.00. The zero-order chi connectivity index (χ0) is 23.8. The SMILES string of the molecule is FC(F)(F)C1CC2CCCCC2C(C(F)(F)F)(C(F)(F)F)C1(C(F)(F)F)C(F)(F)F. The third-order valence-electron chi connectivity index (χ3n) is 6.33. The van der Waals surface area contributed by atoms with Crippen molar-refractivity contribution in [3.63, 3.8) is 0 Å². The molecule has 3 atom stereocenters. The minimum atomic E-state index is -7.57. The first kappa shape index (κ1) is 25.2. The summed E-state index contributed by atoms with van der Waals surface area (Å²) in [4.78, 5) is 0. The van der Waals surface area contributed by atoms with Crippen LogP contribution in [0, 0.1) is 28.6 Å². The van der Waals surface area contributed by atoms with Gasteiger partial charge in [-0.2, -0.15) is 65.9 Å². The summed E-state index contributed by atoms with van der Waals surface area (Å²) in [6.45, 7) is 0. The van der Waals surface area contributed by atoms with E-state index in [2.05, 4.69) is 0 Å². The fourth-order valence-electron chi connectivity index (χ4n) is 5.52. The van der Waals surface area contributed by atoms with Crippen molar-refractivity contribution >= 4 is 0 Å². The van der Waals surface area contributed by atoms with E-state index in [-0.39, 0.29) is 6.42 Å². The zero-order valence-electron chi connectivity index (χ0n) is 14.4. The molecule has 0 N–H and O–H groups in total. The van der Waals surface area contributed by atoms with E-state index in [9.17, 15) is 65.9 Å². The van der Waals surface area contributed by atoms with Crippen LogP contribution in [-0.4, -0.2) is 30.9 Å². The molecule has 3 unspecified atom stereocenters. The molecule has 0 heterocycles. The maximum absolute atomic E-state index is 13.9. The molecular weight excluding hydrogens is 465 g/mol. The van der Waals surface area contributed by atoms with Gasteiger partial charge in [0.2, 0.25) is 0 Å². The van der Waals surface area contributed by atoms with Crippen LogP contribution in [0.5, 0.6) is 0 Å². The summed E-state index contributed by atoms with van der Waals surface area (Å²) in [5.74, 6) is -10.6. The number of hydrogen-bond donors (Lipinski definition) is 0. The Balaban J connectivity index is 3.19. The molecule has 0 aromatic heterocycles. The predicted molar refractivity (Wildman–Crippen MR) is 68.7 cm³/mol. The van der Waals surface area contributed by atoms with E-state index in [0.717, 1.165) is 0 Å². The topological polar surface area (TPSA) is 0 Å². The molecule has 15 heteroatoms. The number of halogens is 15. The van der Waals surface area contributed by atoms with Crippen LogP contribution >= 0.6 is 0 Å². The molecule has 0 aromatic carbocycles. The van der Waals surface area contributed by atoms with E-state index < -0.39 is 85.1 Å². The average Bonchev–Trinajstić information content (AvgIpc) is 2.47. The van der Waals surface area contributed by atoms with Crippen molar-refractivity contribution in [1.29, 1.82) is 0 Å². The lowest BCUT2D eigenvalue weighted by Gasteiger charge is -2.63.